The average molecular weight is 336 g/mol. The molecule has 126 valence electrons. The summed E-state index contributed by atoms with van der Waals surface area (Å²) in [5.74, 6) is 0.750. The van der Waals surface area contributed by atoms with Crippen LogP contribution >= 0.6 is 11.6 Å². The lowest BCUT2D eigenvalue weighted by Gasteiger charge is -2.16. The molecular formula is C18H26ClN3O. The second kappa shape index (κ2) is 7.84. The van der Waals surface area contributed by atoms with E-state index in [4.69, 9.17) is 16.3 Å². The molecule has 0 bridgehead atoms. The molecule has 0 saturated carbocycles. The summed E-state index contributed by atoms with van der Waals surface area (Å²) < 4.78 is 5.71. The van der Waals surface area contributed by atoms with Crippen LogP contribution in [0.3, 0.4) is 0 Å². The van der Waals surface area contributed by atoms with Crippen molar-refractivity contribution in [3.8, 4) is 5.75 Å². The van der Waals surface area contributed by atoms with Gasteiger partial charge in [0, 0.05) is 24.2 Å². The van der Waals surface area contributed by atoms with Gasteiger partial charge in [-0.05, 0) is 31.7 Å². The van der Waals surface area contributed by atoms with E-state index >= 15 is 0 Å². The summed E-state index contributed by atoms with van der Waals surface area (Å²) in [6.07, 6.45) is 0.946. The van der Waals surface area contributed by atoms with E-state index in [-0.39, 0.29) is 5.41 Å². The first-order chi connectivity index (χ1) is 10.9. The lowest BCUT2D eigenvalue weighted by atomic mass is 9.92. The second-order valence-corrected chi connectivity index (χ2v) is 7.31. The van der Waals surface area contributed by atoms with Gasteiger partial charge in [0.2, 0.25) is 0 Å². The number of aromatic amines is 1. The Hall–Kier alpha value is -1.52. The molecule has 4 nitrogen and oxygen atoms in total. The molecule has 0 radical (unpaired) electrons. The van der Waals surface area contributed by atoms with Crippen molar-refractivity contribution in [2.45, 2.75) is 39.2 Å². The van der Waals surface area contributed by atoms with Crippen LogP contribution in [0.2, 0.25) is 5.02 Å². The standard InChI is InChI=1S/C18H26ClN3O/c1-18(2,3)17-12-14(20-21-17)13-22(4)10-7-11-23-16-9-6-5-8-15(16)19/h5-6,8-9,12H,7,10-11,13H2,1-4H3,(H,20,21). The van der Waals surface area contributed by atoms with Crippen molar-refractivity contribution < 1.29 is 4.74 Å². The Morgan fingerprint density at radius 1 is 1.26 bits per heavy atom. The molecule has 1 aromatic heterocycles. The Balaban J connectivity index is 1.72. The molecule has 0 spiro atoms. The highest BCUT2D eigenvalue weighted by molar-refractivity contribution is 6.32. The maximum Gasteiger partial charge on any atom is 0.137 e. The molecule has 0 amide bonds. The summed E-state index contributed by atoms with van der Waals surface area (Å²) in [5.41, 5.74) is 2.32. The van der Waals surface area contributed by atoms with E-state index in [2.05, 4.69) is 49.0 Å². The average Bonchev–Trinajstić information content (AvgIpc) is 2.94. The Bertz CT molecular complexity index is 619. The van der Waals surface area contributed by atoms with Crippen LogP contribution in [-0.2, 0) is 12.0 Å². The van der Waals surface area contributed by atoms with Crippen LogP contribution in [0, 0.1) is 0 Å². The third-order valence-corrected chi connectivity index (χ3v) is 3.93. The fraction of sp³-hybridized carbons (Fsp3) is 0.500. The van der Waals surface area contributed by atoms with E-state index in [9.17, 15) is 0 Å². The number of para-hydroxylation sites is 1. The van der Waals surface area contributed by atoms with Crippen LogP contribution in [0.25, 0.3) is 0 Å². The number of benzene rings is 1. The Morgan fingerprint density at radius 3 is 2.65 bits per heavy atom. The molecule has 2 aromatic rings. The lowest BCUT2D eigenvalue weighted by molar-refractivity contribution is 0.257. The van der Waals surface area contributed by atoms with Crippen molar-refractivity contribution in [1.82, 2.24) is 15.1 Å². The number of hydrogen-bond donors (Lipinski definition) is 1. The zero-order valence-electron chi connectivity index (χ0n) is 14.4. The van der Waals surface area contributed by atoms with E-state index < -0.39 is 0 Å². The van der Waals surface area contributed by atoms with Gasteiger partial charge in [-0.1, -0.05) is 44.5 Å². The molecule has 23 heavy (non-hydrogen) atoms. The first-order valence-electron chi connectivity index (χ1n) is 7.97. The minimum absolute atomic E-state index is 0.0795. The minimum atomic E-state index is 0.0795. The molecule has 2 rings (SSSR count). The topological polar surface area (TPSA) is 41.1 Å². The highest BCUT2D eigenvalue weighted by atomic mass is 35.5. The molecule has 0 aliphatic carbocycles. The number of ether oxygens (including phenoxy) is 1. The summed E-state index contributed by atoms with van der Waals surface area (Å²) >= 11 is 6.07. The normalized spacial score (nSPS) is 11.9. The van der Waals surface area contributed by atoms with Gasteiger partial charge in [-0.25, -0.2) is 0 Å². The van der Waals surface area contributed by atoms with Gasteiger partial charge in [0.25, 0.3) is 0 Å². The molecule has 0 aliphatic heterocycles. The van der Waals surface area contributed by atoms with Crippen molar-refractivity contribution >= 4 is 11.6 Å². The number of hydrogen-bond acceptors (Lipinski definition) is 3. The third kappa shape index (κ3) is 5.56. The van der Waals surface area contributed by atoms with Gasteiger partial charge in [0.1, 0.15) is 5.75 Å². The monoisotopic (exact) mass is 335 g/mol. The zero-order chi connectivity index (χ0) is 16.9. The Labute approximate surface area is 143 Å². The number of nitrogens with zero attached hydrogens (tertiary/aromatic N) is 2. The number of rotatable bonds is 7. The SMILES string of the molecule is CN(CCCOc1ccccc1Cl)Cc1cc(C(C)(C)C)n[nH]1. The maximum atomic E-state index is 6.07. The van der Waals surface area contributed by atoms with Crippen LogP contribution in [0.4, 0.5) is 0 Å². The minimum Gasteiger partial charge on any atom is -0.492 e. The number of halogens is 1. The van der Waals surface area contributed by atoms with Gasteiger partial charge >= 0.3 is 0 Å². The summed E-state index contributed by atoms with van der Waals surface area (Å²) in [6.45, 7) is 8.97. The summed E-state index contributed by atoms with van der Waals surface area (Å²) in [4.78, 5) is 2.26. The first-order valence-corrected chi connectivity index (χ1v) is 8.34. The maximum absolute atomic E-state index is 6.07. The largest absolute Gasteiger partial charge is 0.492 e. The van der Waals surface area contributed by atoms with Crippen molar-refractivity contribution in [3.63, 3.8) is 0 Å². The molecule has 0 fully saturated rings. The van der Waals surface area contributed by atoms with Crippen LogP contribution in [0.1, 0.15) is 38.6 Å². The van der Waals surface area contributed by atoms with E-state index in [0.717, 1.165) is 36.6 Å². The van der Waals surface area contributed by atoms with Gasteiger partial charge in [-0.3, -0.25) is 5.10 Å². The summed E-state index contributed by atoms with van der Waals surface area (Å²) in [6, 6.07) is 9.72. The van der Waals surface area contributed by atoms with E-state index in [0.29, 0.717) is 11.6 Å². The van der Waals surface area contributed by atoms with Gasteiger partial charge < -0.3 is 9.64 Å². The number of nitrogens with one attached hydrogen (secondary N) is 1. The predicted octanol–water partition coefficient (Wildman–Crippen LogP) is 4.26. The molecule has 5 heteroatoms. The number of aromatic nitrogens is 2. The van der Waals surface area contributed by atoms with Gasteiger partial charge in [-0.2, -0.15) is 5.10 Å². The quantitative estimate of drug-likeness (QED) is 0.768. The summed E-state index contributed by atoms with van der Waals surface area (Å²) in [7, 11) is 2.10. The van der Waals surface area contributed by atoms with Gasteiger partial charge in [0.15, 0.2) is 0 Å². The molecule has 0 aliphatic rings. The highest BCUT2D eigenvalue weighted by Crippen LogP contribution is 2.23. The van der Waals surface area contributed by atoms with Crippen LogP contribution in [0.15, 0.2) is 30.3 Å². The molecule has 1 heterocycles. The summed E-state index contributed by atoms with van der Waals surface area (Å²) in [5, 5.41) is 8.18. The van der Waals surface area contributed by atoms with Crippen LogP contribution < -0.4 is 4.74 Å². The molecule has 1 N–H and O–H groups in total. The van der Waals surface area contributed by atoms with Crippen molar-refractivity contribution in [1.29, 1.82) is 0 Å². The molecular weight excluding hydrogens is 310 g/mol. The number of H-pyrrole nitrogens is 1. The fourth-order valence-corrected chi connectivity index (χ4v) is 2.47. The van der Waals surface area contributed by atoms with E-state index in [1.54, 1.807) is 0 Å². The molecule has 0 saturated heterocycles. The van der Waals surface area contributed by atoms with Crippen LogP contribution in [-0.4, -0.2) is 35.3 Å². The van der Waals surface area contributed by atoms with Crippen molar-refractivity contribution in [3.05, 3.63) is 46.7 Å². The molecule has 0 atom stereocenters. The predicted molar refractivity (Wildman–Crippen MR) is 95.2 cm³/mol. The smallest absolute Gasteiger partial charge is 0.137 e. The zero-order valence-corrected chi connectivity index (χ0v) is 15.2. The van der Waals surface area contributed by atoms with Gasteiger partial charge in [-0.15, -0.1) is 0 Å². The van der Waals surface area contributed by atoms with E-state index in [1.807, 2.05) is 24.3 Å². The van der Waals surface area contributed by atoms with Crippen molar-refractivity contribution in [2.75, 3.05) is 20.2 Å². The first kappa shape index (κ1) is 17.8. The highest BCUT2D eigenvalue weighted by Gasteiger charge is 2.17. The van der Waals surface area contributed by atoms with Crippen LogP contribution in [0.5, 0.6) is 5.75 Å². The third-order valence-electron chi connectivity index (χ3n) is 3.62. The lowest BCUT2D eigenvalue weighted by Crippen LogP contribution is -2.21. The van der Waals surface area contributed by atoms with Crippen molar-refractivity contribution in [2.24, 2.45) is 0 Å². The van der Waals surface area contributed by atoms with E-state index in [1.165, 1.54) is 0 Å². The Morgan fingerprint density at radius 2 is 2.00 bits per heavy atom. The molecule has 0 unspecified atom stereocenters. The Kier molecular flexibility index (Phi) is 6.08. The fourth-order valence-electron chi connectivity index (χ4n) is 2.28. The van der Waals surface area contributed by atoms with Gasteiger partial charge in [0.05, 0.1) is 17.3 Å². The second-order valence-electron chi connectivity index (χ2n) is 6.90. The molecule has 1 aromatic carbocycles.